The summed E-state index contributed by atoms with van der Waals surface area (Å²) in [4.78, 5) is 22.7. The number of carbonyl (C=O) groups is 2. The van der Waals surface area contributed by atoms with Crippen LogP contribution < -0.4 is 10.6 Å². The van der Waals surface area contributed by atoms with E-state index in [9.17, 15) is 18.0 Å². The Labute approximate surface area is 129 Å². The smallest absolute Gasteiger partial charge is 0.335 e. The van der Waals surface area contributed by atoms with Crippen molar-refractivity contribution in [2.75, 3.05) is 11.1 Å². The Hall–Kier alpha value is -1.87. The number of rotatable bonds is 3. The molecule has 0 radical (unpaired) electrons. The van der Waals surface area contributed by atoms with Crippen molar-refractivity contribution in [3.05, 3.63) is 39.7 Å². The zero-order chi connectivity index (χ0) is 15.6. The summed E-state index contributed by atoms with van der Waals surface area (Å²) < 4.78 is 23.0. The lowest BCUT2D eigenvalue weighted by Gasteiger charge is -2.12. The summed E-state index contributed by atoms with van der Waals surface area (Å²) in [5.41, 5.74) is 0.300. The van der Waals surface area contributed by atoms with Crippen LogP contribution in [0.5, 0.6) is 0 Å². The second-order valence-electron chi connectivity index (χ2n) is 4.36. The topological polar surface area (TPSA) is 113 Å². The molecule has 3 N–H and O–H groups in total. The van der Waals surface area contributed by atoms with Gasteiger partial charge in [-0.15, -0.1) is 0 Å². The number of amides is 2. The molecule has 1 aliphatic rings. The van der Waals surface area contributed by atoms with E-state index in [4.69, 9.17) is 5.11 Å². The average Bonchev–Trinajstić information content (AvgIpc) is 2.71. The van der Waals surface area contributed by atoms with E-state index in [2.05, 4.69) is 26.6 Å². The lowest BCUT2D eigenvalue weighted by atomic mass is 10.2. The Morgan fingerprint density at radius 2 is 2.05 bits per heavy atom. The van der Waals surface area contributed by atoms with E-state index >= 15 is 0 Å². The van der Waals surface area contributed by atoms with Gasteiger partial charge in [0.05, 0.1) is 23.0 Å². The molecule has 1 heterocycles. The van der Waals surface area contributed by atoms with Gasteiger partial charge in [0.15, 0.2) is 9.84 Å². The number of anilines is 1. The van der Waals surface area contributed by atoms with Gasteiger partial charge < -0.3 is 15.7 Å². The van der Waals surface area contributed by atoms with Crippen LogP contribution in [0, 0.1) is 0 Å². The fourth-order valence-electron chi connectivity index (χ4n) is 1.75. The summed E-state index contributed by atoms with van der Waals surface area (Å²) in [6, 6.07) is 2.97. The van der Waals surface area contributed by atoms with Gasteiger partial charge in [-0.3, -0.25) is 0 Å². The molecule has 1 aromatic rings. The van der Waals surface area contributed by atoms with Crippen LogP contribution in [0.1, 0.15) is 10.4 Å². The third-order valence-corrected chi connectivity index (χ3v) is 4.80. The lowest BCUT2D eigenvalue weighted by Crippen LogP contribution is -2.38. The second kappa shape index (κ2) is 5.86. The van der Waals surface area contributed by atoms with Gasteiger partial charge in [0.2, 0.25) is 0 Å². The maximum atomic E-state index is 11.8. The molecule has 0 saturated heterocycles. The number of halogens is 1. The zero-order valence-electron chi connectivity index (χ0n) is 10.5. The fourth-order valence-corrected chi connectivity index (χ4v) is 3.33. The number of aromatic carboxylic acids is 1. The van der Waals surface area contributed by atoms with Crippen LogP contribution in [-0.4, -0.2) is 37.3 Å². The minimum absolute atomic E-state index is 0.0249. The molecule has 9 heteroatoms. The fraction of sp³-hybridized carbons (Fsp3) is 0.167. The van der Waals surface area contributed by atoms with E-state index in [1.807, 2.05) is 0 Å². The van der Waals surface area contributed by atoms with Gasteiger partial charge in [-0.2, -0.15) is 0 Å². The van der Waals surface area contributed by atoms with Gasteiger partial charge in [0.25, 0.3) is 0 Å². The molecule has 21 heavy (non-hydrogen) atoms. The van der Waals surface area contributed by atoms with Gasteiger partial charge in [0.1, 0.15) is 0 Å². The molecule has 2 amide bonds. The van der Waals surface area contributed by atoms with Gasteiger partial charge in [-0.25, -0.2) is 18.0 Å². The SMILES string of the molecule is O=C(Nc1cc(C(=O)O)ccc1Br)NC1C=CS(=O)(=O)C1. The first-order valence-electron chi connectivity index (χ1n) is 5.78. The number of benzene rings is 1. The van der Waals surface area contributed by atoms with E-state index in [1.165, 1.54) is 24.3 Å². The summed E-state index contributed by atoms with van der Waals surface area (Å²) in [6.45, 7) is 0. The molecule has 1 aromatic carbocycles. The van der Waals surface area contributed by atoms with Crippen LogP contribution >= 0.6 is 15.9 Å². The molecule has 112 valence electrons. The Bertz CT molecular complexity index is 729. The lowest BCUT2D eigenvalue weighted by molar-refractivity contribution is 0.0697. The minimum Gasteiger partial charge on any atom is -0.478 e. The van der Waals surface area contributed by atoms with Crippen LogP contribution in [0.2, 0.25) is 0 Å². The van der Waals surface area contributed by atoms with Crippen LogP contribution in [0.4, 0.5) is 10.5 Å². The van der Waals surface area contributed by atoms with E-state index in [-0.39, 0.29) is 17.0 Å². The molecule has 1 atom stereocenters. The summed E-state index contributed by atoms with van der Waals surface area (Å²) in [6.07, 6.45) is 1.39. The highest BCUT2D eigenvalue weighted by atomic mass is 79.9. The average molecular weight is 375 g/mol. The highest BCUT2D eigenvalue weighted by Crippen LogP contribution is 2.23. The van der Waals surface area contributed by atoms with Crippen molar-refractivity contribution in [3.8, 4) is 0 Å². The summed E-state index contributed by atoms with van der Waals surface area (Å²) in [5, 5.41) is 14.9. The third-order valence-electron chi connectivity index (χ3n) is 2.71. The van der Waals surface area contributed by atoms with E-state index in [0.717, 1.165) is 5.41 Å². The first-order valence-corrected chi connectivity index (χ1v) is 8.29. The Kier molecular flexibility index (Phi) is 4.33. The molecule has 0 saturated carbocycles. The van der Waals surface area contributed by atoms with Crippen LogP contribution in [0.15, 0.2) is 34.2 Å². The number of sulfone groups is 1. The molecular formula is C12H11BrN2O5S. The van der Waals surface area contributed by atoms with Crippen molar-refractivity contribution in [1.29, 1.82) is 0 Å². The second-order valence-corrected chi connectivity index (χ2v) is 7.15. The standard InChI is InChI=1S/C12H11BrN2O5S/c13-9-2-1-7(11(16)17)5-10(9)15-12(18)14-8-3-4-21(19,20)6-8/h1-5,8H,6H2,(H,16,17)(H2,14,15,18). The van der Waals surface area contributed by atoms with E-state index in [0.29, 0.717) is 4.47 Å². The van der Waals surface area contributed by atoms with E-state index in [1.54, 1.807) is 0 Å². The monoisotopic (exact) mass is 374 g/mol. The maximum Gasteiger partial charge on any atom is 0.335 e. The molecule has 0 fully saturated rings. The summed E-state index contributed by atoms with van der Waals surface area (Å²) >= 11 is 3.19. The maximum absolute atomic E-state index is 11.8. The molecule has 0 aromatic heterocycles. The predicted octanol–water partition coefficient (Wildman–Crippen LogP) is 1.58. The Morgan fingerprint density at radius 1 is 1.33 bits per heavy atom. The Morgan fingerprint density at radius 3 is 2.62 bits per heavy atom. The summed E-state index contributed by atoms with van der Waals surface area (Å²) in [5.74, 6) is -1.30. The van der Waals surface area contributed by atoms with E-state index < -0.39 is 27.9 Å². The number of carboxylic acids is 1. The highest BCUT2D eigenvalue weighted by Gasteiger charge is 2.23. The van der Waals surface area contributed by atoms with Gasteiger partial charge in [-0.1, -0.05) is 0 Å². The predicted molar refractivity (Wildman–Crippen MR) is 80.0 cm³/mol. The van der Waals surface area contributed by atoms with Crippen LogP contribution in [-0.2, 0) is 9.84 Å². The number of hydrogen-bond acceptors (Lipinski definition) is 4. The van der Waals surface area contributed by atoms with Crippen molar-refractivity contribution in [2.45, 2.75) is 6.04 Å². The molecular weight excluding hydrogens is 364 g/mol. The molecule has 0 spiro atoms. The van der Waals surface area contributed by atoms with Crippen LogP contribution in [0.3, 0.4) is 0 Å². The van der Waals surface area contributed by atoms with Gasteiger partial charge >= 0.3 is 12.0 Å². The van der Waals surface area contributed by atoms with Crippen LogP contribution in [0.25, 0.3) is 0 Å². The molecule has 7 nitrogen and oxygen atoms in total. The van der Waals surface area contributed by atoms with Crippen molar-refractivity contribution in [3.63, 3.8) is 0 Å². The number of carboxylic acid groups (broad SMARTS) is 1. The number of carbonyl (C=O) groups excluding carboxylic acids is 1. The van der Waals surface area contributed by atoms with Crippen molar-refractivity contribution in [2.24, 2.45) is 0 Å². The first-order chi connectivity index (χ1) is 9.77. The van der Waals surface area contributed by atoms with Gasteiger partial charge in [-0.05, 0) is 40.2 Å². The molecule has 2 rings (SSSR count). The highest BCUT2D eigenvalue weighted by molar-refractivity contribution is 9.10. The first kappa shape index (κ1) is 15.5. The normalized spacial score (nSPS) is 19.2. The molecule has 0 bridgehead atoms. The van der Waals surface area contributed by atoms with Gasteiger partial charge in [0, 0.05) is 9.88 Å². The zero-order valence-corrected chi connectivity index (χ0v) is 12.9. The van der Waals surface area contributed by atoms with Crippen molar-refractivity contribution >= 4 is 43.5 Å². The summed E-state index contributed by atoms with van der Waals surface area (Å²) in [7, 11) is -3.25. The quantitative estimate of drug-likeness (QED) is 0.743. The molecule has 1 unspecified atom stereocenters. The Balaban J connectivity index is 2.05. The largest absolute Gasteiger partial charge is 0.478 e. The number of hydrogen-bond donors (Lipinski definition) is 3. The van der Waals surface area contributed by atoms with Crippen molar-refractivity contribution < 1.29 is 23.1 Å². The third kappa shape index (κ3) is 4.05. The van der Waals surface area contributed by atoms with Crippen molar-refractivity contribution in [1.82, 2.24) is 5.32 Å². The number of urea groups is 1. The molecule has 1 aliphatic heterocycles. The minimum atomic E-state index is -3.25. The molecule has 0 aliphatic carbocycles. The number of nitrogens with one attached hydrogen (secondary N) is 2.